The van der Waals surface area contributed by atoms with Crippen LogP contribution < -0.4 is 0 Å². The van der Waals surface area contributed by atoms with Crippen molar-refractivity contribution in [3.8, 4) is 0 Å². The van der Waals surface area contributed by atoms with E-state index in [9.17, 15) is 5.11 Å². The first-order valence-corrected chi connectivity index (χ1v) is 11.4. The van der Waals surface area contributed by atoms with Crippen LogP contribution >= 0.6 is 0 Å². The number of unbranched alkanes of at least 4 members (excludes halogenated alkanes) is 14. The number of aliphatic hydroxyl groups excluding tert-OH is 1. The maximum absolute atomic E-state index is 10.0. The summed E-state index contributed by atoms with van der Waals surface area (Å²) in [6.45, 7) is 3.36. The Hall–Kier alpha value is -0.0800. The maximum atomic E-state index is 10.0. The molecule has 0 aliphatic carbocycles. The fourth-order valence-electron chi connectivity index (χ4n) is 3.43. The molecule has 0 fully saturated rings. The van der Waals surface area contributed by atoms with Crippen LogP contribution in [0.25, 0.3) is 0 Å². The van der Waals surface area contributed by atoms with Gasteiger partial charge in [-0.15, -0.1) is 0 Å². The second-order valence-electron chi connectivity index (χ2n) is 9.19. The zero-order chi connectivity index (χ0) is 18.8. The predicted octanol–water partition coefficient (Wildman–Crippen LogP) is 6.71. The summed E-state index contributed by atoms with van der Waals surface area (Å²) in [7, 11) is 6.58. The lowest BCUT2D eigenvalue weighted by atomic mass is 10.0. The Morgan fingerprint density at radius 3 is 1.28 bits per heavy atom. The van der Waals surface area contributed by atoms with Gasteiger partial charge in [0.2, 0.25) is 0 Å². The topological polar surface area (TPSA) is 20.2 Å². The van der Waals surface area contributed by atoms with E-state index >= 15 is 0 Å². The zero-order valence-corrected chi connectivity index (χ0v) is 18.2. The van der Waals surface area contributed by atoms with E-state index in [4.69, 9.17) is 0 Å². The summed E-state index contributed by atoms with van der Waals surface area (Å²) in [6.07, 6.45) is 22.9. The fourth-order valence-corrected chi connectivity index (χ4v) is 3.43. The Labute approximate surface area is 160 Å². The largest absolute Gasteiger partial charge is 0.393 e. The van der Waals surface area contributed by atoms with Crippen molar-refractivity contribution in [3.63, 3.8) is 0 Å². The van der Waals surface area contributed by atoms with Crippen LogP contribution in [0.15, 0.2) is 0 Å². The summed E-state index contributed by atoms with van der Waals surface area (Å²) in [5, 5.41) is 10.0. The molecule has 1 unspecified atom stereocenters. The Balaban J connectivity index is 3.14. The summed E-state index contributed by atoms with van der Waals surface area (Å²) in [5.74, 6) is 0. The Kier molecular flexibility index (Phi) is 17.3. The van der Waals surface area contributed by atoms with Crippen LogP contribution in [0.3, 0.4) is 0 Å². The molecule has 1 N–H and O–H groups in total. The van der Waals surface area contributed by atoms with E-state index in [0.717, 1.165) is 23.9 Å². The molecule has 0 aromatic heterocycles. The molecule has 0 aliphatic heterocycles. The first-order valence-electron chi connectivity index (χ1n) is 11.4. The highest BCUT2D eigenvalue weighted by atomic mass is 16.3. The smallest absolute Gasteiger partial charge is 0.0805 e. The highest BCUT2D eigenvalue weighted by Crippen LogP contribution is 2.14. The van der Waals surface area contributed by atoms with Gasteiger partial charge in [-0.3, -0.25) is 0 Å². The van der Waals surface area contributed by atoms with E-state index in [0.29, 0.717) is 0 Å². The lowest BCUT2D eigenvalue weighted by Gasteiger charge is -2.25. The van der Waals surface area contributed by atoms with Gasteiger partial charge < -0.3 is 9.59 Å². The molecular weight excluding hydrogens is 306 g/mol. The van der Waals surface area contributed by atoms with Crippen LogP contribution in [-0.4, -0.2) is 43.4 Å². The molecule has 0 bridgehead atoms. The summed E-state index contributed by atoms with van der Waals surface area (Å²) in [6, 6.07) is 0. The predicted molar refractivity (Wildman–Crippen MR) is 113 cm³/mol. The maximum Gasteiger partial charge on any atom is 0.0805 e. The standard InChI is InChI=1S/C23H50NO/c1-5-6-7-8-9-10-11-12-13-14-15-16-17-18-19-20-23(25)21-22-24(2,3)4/h23,25H,5-22H2,1-4H3/q+1. The Bertz CT molecular complexity index is 259. The van der Waals surface area contributed by atoms with Crippen LogP contribution in [0.4, 0.5) is 0 Å². The van der Waals surface area contributed by atoms with Crippen molar-refractivity contribution in [2.75, 3.05) is 27.7 Å². The number of hydrogen-bond donors (Lipinski definition) is 1. The lowest BCUT2D eigenvalue weighted by Crippen LogP contribution is -2.37. The SMILES string of the molecule is CCCCCCCCCCCCCCCCCC(O)CC[N+](C)(C)C. The van der Waals surface area contributed by atoms with E-state index < -0.39 is 0 Å². The van der Waals surface area contributed by atoms with Gasteiger partial charge in [-0.25, -0.2) is 0 Å². The molecule has 0 aromatic rings. The van der Waals surface area contributed by atoms with E-state index in [1.807, 2.05) is 0 Å². The normalized spacial score (nSPS) is 13.3. The molecule has 1 atom stereocenters. The van der Waals surface area contributed by atoms with Gasteiger partial charge in [0.25, 0.3) is 0 Å². The molecule has 0 aromatic carbocycles. The number of hydrogen-bond acceptors (Lipinski definition) is 1. The van der Waals surface area contributed by atoms with Crippen molar-refractivity contribution in [2.45, 2.75) is 122 Å². The van der Waals surface area contributed by atoms with Crippen LogP contribution in [0.2, 0.25) is 0 Å². The fraction of sp³-hybridized carbons (Fsp3) is 1.00. The second-order valence-corrected chi connectivity index (χ2v) is 9.19. The molecule has 152 valence electrons. The third-order valence-corrected chi connectivity index (χ3v) is 5.27. The zero-order valence-electron chi connectivity index (χ0n) is 18.2. The van der Waals surface area contributed by atoms with Gasteiger partial charge in [0.05, 0.1) is 33.8 Å². The third-order valence-electron chi connectivity index (χ3n) is 5.27. The highest BCUT2D eigenvalue weighted by molar-refractivity contribution is 4.56. The molecule has 0 spiro atoms. The molecule has 0 heterocycles. The van der Waals surface area contributed by atoms with Crippen molar-refractivity contribution in [2.24, 2.45) is 0 Å². The van der Waals surface area contributed by atoms with Gasteiger partial charge in [0, 0.05) is 6.42 Å². The number of quaternary nitrogens is 1. The average molecular weight is 357 g/mol. The van der Waals surface area contributed by atoms with E-state index in [-0.39, 0.29) is 6.10 Å². The molecule has 25 heavy (non-hydrogen) atoms. The highest BCUT2D eigenvalue weighted by Gasteiger charge is 2.11. The lowest BCUT2D eigenvalue weighted by molar-refractivity contribution is -0.870. The molecule has 0 saturated carbocycles. The number of aliphatic hydroxyl groups is 1. The summed E-state index contributed by atoms with van der Waals surface area (Å²) in [4.78, 5) is 0. The van der Waals surface area contributed by atoms with Crippen LogP contribution in [0.1, 0.15) is 116 Å². The van der Waals surface area contributed by atoms with Crippen LogP contribution in [0, 0.1) is 0 Å². The minimum atomic E-state index is -0.0840. The summed E-state index contributed by atoms with van der Waals surface area (Å²) < 4.78 is 0.954. The van der Waals surface area contributed by atoms with Gasteiger partial charge in [-0.2, -0.15) is 0 Å². The molecule has 0 rings (SSSR count). The molecular formula is C23H50NO+. The quantitative estimate of drug-likeness (QED) is 0.201. The van der Waals surface area contributed by atoms with E-state index in [2.05, 4.69) is 28.1 Å². The van der Waals surface area contributed by atoms with E-state index in [1.54, 1.807) is 0 Å². The van der Waals surface area contributed by atoms with Crippen molar-refractivity contribution < 1.29 is 9.59 Å². The molecule has 2 heteroatoms. The van der Waals surface area contributed by atoms with Gasteiger partial charge in [-0.1, -0.05) is 103 Å². The first-order chi connectivity index (χ1) is 12.0. The summed E-state index contributed by atoms with van der Waals surface area (Å²) in [5.41, 5.74) is 0. The van der Waals surface area contributed by atoms with Gasteiger partial charge in [0.15, 0.2) is 0 Å². The number of rotatable bonds is 19. The van der Waals surface area contributed by atoms with Crippen molar-refractivity contribution in [3.05, 3.63) is 0 Å². The second kappa shape index (κ2) is 17.3. The average Bonchev–Trinajstić information content (AvgIpc) is 2.56. The number of nitrogens with zero attached hydrogens (tertiary/aromatic N) is 1. The van der Waals surface area contributed by atoms with Crippen molar-refractivity contribution in [1.29, 1.82) is 0 Å². The van der Waals surface area contributed by atoms with Crippen LogP contribution in [-0.2, 0) is 0 Å². The van der Waals surface area contributed by atoms with Gasteiger partial charge in [-0.05, 0) is 6.42 Å². The molecule has 0 radical (unpaired) electrons. The monoisotopic (exact) mass is 356 g/mol. The van der Waals surface area contributed by atoms with Gasteiger partial charge >= 0.3 is 0 Å². The van der Waals surface area contributed by atoms with Crippen molar-refractivity contribution >= 4 is 0 Å². The summed E-state index contributed by atoms with van der Waals surface area (Å²) >= 11 is 0. The molecule has 2 nitrogen and oxygen atoms in total. The minimum Gasteiger partial charge on any atom is -0.393 e. The first kappa shape index (κ1) is 24.9. The molecule has 0 saturated heterocycles. The molecule has 0 aliphatic rings. The minimum absolute atomic E-state index is 0.0840. The Morgan fingerprint density at radius 1 is 0.560 bits per heavy atom. The van der Waals surface area contributed by atoms with Gasteiger partial charge in [0.1, 0.15) is 0 Å². The Morgan fingerprint density at radius 2 is 0.920 bits per heavy atom. The third kappa shape index (κ3) is 21.9. The van der Waals surface area contributed by atoms with Crippen LogP contribution in [0.5, 0.6) is 0 Å². The molecule has 0 amide bonds. The van der Waals surface area contributed by atoms with E-state index in [1.165, 1.54) is 96.3 Å². The van der Waals surface area contributed by atoms with Crippen molar-refractivity contribution in [1.82, 2.24) is 0 Å².